The summed E-state index contributed by atoms with van der Waals surface area (Å²) in [5.74, 6) is -2.45. The third kappa shape index (κ3) is 3.93. The minimum atomic E-state index is -1.53. The maximum atomic E-state index is 13.6. The van der Waals surface area contributed by atoms with Crippen LogP contribution in [0.5, 0.6) is 5.75 Å². The Morgan fingerprint density at radius 2 is 1.88 bits per heavy atom. The molecule has 26 heavy (non-hydrogen) atoms. The van der Waals surface area contributed by atoms with Gasteiger partial charge in [-0.25, -0.2) is 14.0 Å². The number of hydrogen-bond acceptors (Lipinski definition) is 4. The molecule has 0 radical (unpaired) electrons. The number of hydrogen-bond donors (Lipinski definition) is 2. The lowest BCUT2D eigenvalue weighted by Crippen LogP contribution is -2.41. The number of carboxylic acids is 1. The zero-order valence-electron chi connectivity index (χ0n) is 13.8. The Balaban J connectivity index is 1.85. The first kappa shape index (κ1) is 17.7. The quantitative estimate of drug-likeness (QED) is 0.825. The number of carboxylic acid groups (broad SMARTS) is 1. The van der Waals surface area contributed by atoms with Crippen molar-refractivity contribution in [1.29, 1.82) is 0 Å². The van der Waals surface area contributed by atoms with Crippen LogP contribution >= 0.6 is 0 Å². The van der Waals surface area contributed by atoms with E-state index in [0.717, 1.165) is 28.7 Å². The van der Waals surface area contributed by atoms with Crippen molar-refractivity contribution in [3.63, 3.8) is 0 Å². The highest BCUT2D eigenvalue weighted by Gasteiger charge is 2.43. The number of carbonyl (C=O) groups is 2. The highest BCUT2D eigenvalue weighted by Crippen LogP contribution is 2.38. The highest BCUT2D eigenvalue weighted by atomic mass is 19.1. The van der Waals surface area contributed by atoms with Crippen LogP contribution in [0.25, 0.3) is 0 Å². The summed E-state index contributed by atoms with van der Waals surface area (Å²) in [6.07, 6.45) is 0.438. The standard InChI is InChI=1S/C19H18FNO5/c20-13-6-9-16(22)15(10-13)17(18(23)24)21(14-7-8-14)19(25)26-11-12-4-2-1-3-5-12/h1-6,9-10,14,17,22H,7-8,11H2,(H,23,24). The fourth-order valence-electron chi connectivity index (χ4n) is 2.76. The number of rotatable bonds is 6. The van der Waals surface area contributed by atoms with E-state index in [1.807, 2.05) is 6.07 Å². The summed E-state index contributed by atoms with van der Waals surface area (Å²) in [5, 5.41) is 19.6. The first-order valence-electron chi connectivity index (χ1n) is 8.17. The molecule has 1 unspecified atom stereocenters. The number of phenols is 1. The molecule has 0 aromatic heterocycles. The summed E-state index contributed by atoms with van der Waals surface area (Å²) >= 11 is 0. The maximum Gasteiger partial charge on any atom is 0.411 e. The van der Waals surface area contributed by atoms with E-state index < -0.39 is 23.9 Å². The van der Waals surface area contributed by atoms with Gasteiger partial charge in [0.15, 0.2) is 6.04 Å². The lowest BCUT2D eigenvalue weighted by Gasteiger charge is -2.29. The van der Waals surface area contributed by atoms with E-state index in [-0.39, 0.29) is 24.0 Å². The number of aliphatic carboxylic acids is 1. The molecule has 1 fully saturated rings. The molecule has 0 aliphatic heterocycles. The molecular formula is C19H18FNO5. The molecule has 1 aliphatic rings. The van der Waals surface area contributed by atoms with E-state index in [4.69, 9.17) is 4.74 Å². The SMILES string of the molecule is O=C(O)C(c1cc(F)ccc1O)N(C(=O)OCc1ccccc1)C1CC1. The van der Waals surface area contributed by atoms with Gasteiger partial charge in [0, 0.05) is 11.6 Å². The molecule has 2 aromatic carbocycles. The van der Waals surface area contributed by atoms with E-state index in [9.17, 15) is 24.2 Å². The Bertz CT molecular complexity index is 807. The van der Waals surface area contributed by atoms with Gasteiger partial charge in [-0.3, -0.25) is 4.90 Å². The topological polar surface area (TPSA) is 87.1 Å². The van der Waals surface area contributed by atoms with Crippen LogP contribution in [-0.2, 0) is 16.1 Å². The van der Waals surface area contributed by atoms with Crippen LogP contribution < -0.4 is 0 Å². The van der Waals surface area contributed by atoms with Crippen LogP contribution in [0.3, 0.4) is 0 Å². The van der Waals surface area contributed by atoms with Crippen molar-refractivity contribution in [1.82, 2.24) is 4.90 Å². The van der Waals surface area contributed by atoms with Crippen molar-refractivity contribution >= 4 is 12.1 Å². The number of amides is 1. The van der Waals surface area contributed by atoms with Crippen LogP contribution in [0.1, 0.15) is 30.0 Å². The number of halogens is 1. The third-order valence-corrected chi connectivity index (χ3v) is 4.15. The van der Waals surface area contributed by atoms with Gasteiger partial charge in [0.1, 0.15) is 18.2 Å². The van der Waals surface area contributed by atoms with Crippen LogP contribution in [0.2, 0.25) is 0 Å². The minimum absolute atomic E-state index is 0.00956. The summed E-state index contributed by atoms with van der Waals surface area (Å²) in [5.41, 5.74) is 0.582. The molecule has 1 amide bonds. The number of carbonyl (C=O) groups excluding carboxylic acids is 1. The highest BCUT2D eigenvalue weighted by molar-refractivity contribution is 5.82. The second-order valence-corrected chi connectivity index (χ2v) is 6.12. The predicted molar refractivity (Wildman–Crippen MR) is 89.9 cm³/mol. The van der Waals surface area contributed by atoms with Crippen molar-refractivity contribution in [3.05, 3.63) is 65.5 Å². The van der Waals surface area contributed by atoms with Crippen molar-refractivity contribution in [3.8, 4) is 5.75 Å². The van der Waals surface area contributed by atoms with E-state index in [1.165, 1.54) is 0 Å². The van der Waals surface area contributed by atoms with Gasteiger partial charge in [-0.2, -0.15) is 0 Å². The normalized spacial score (nSPS) is 14.5. The molecule has 2 N–H and O–H groups in total. The van der Waals surface area contributed by atoms with Gasteiger partial charge in [-0.05, 0) is 36.6 Å². The molecule has 1 aliphatic carbocycles. The molecular weight excluding hydrogens is 341 g/mol. The van der Waals surface area contributed by atoms with Gasteiger partial charge < -0.3 is 14.9 Å². The molecule has 3 rings (SSSR count). The van der Waals surface area contributed by atoms with Crippen molar-refractivity contribution in [2.45, 2.75) is 31.5 Å². The van der Waals surface area contributed by atoms with Crippen LogP contribution in [0.4, 0.5) is 9.18 Å². The van der Waals surface area contributed by atoms with E-state index in [0.29, 0.717) is 12.8 Å². The van der Waals surface area contributed by atoms with Gasteiger partial charge in [-0.15, -0.1) is 0 Å². The van der Waals surface area contributed by atoms with E-state index in [1.54, 1.807) is 24.3 Å². The smallest absolute Gasteiger partial charge is 0.411 e. The summed E-state index contributed by atoms with van der Waals surface area (Å²) in [6, 6.07) is 10.2. The minimum Gasteiger partial charge on any atom is -0.508 e. The zero-order valence-corrected chi connectivity index (χ0v) is 13.8. The first-order valence-corrected chi connectivity index (χ1v) is 8.17. The monoisotopic (exact) mass is 359 g/mol. The third-order valence-electron chi connectivity index (χ3n) is 4.15. The lowest BCUT2D eigenvalue weighted by atomic mass is 10.0. The second-order valence-electron chi connectivity index (χ2n) is 6.12. The predicted octanol–water partition coefficient (Wildman–Crippen LogP) is 3.46. The Labute approximate surface area is 149 Å². The van der Waals surface area contributed by atoms with Crippen LogP contribution in [-0.4, -0.2) is 33.2 Å². The van der Waals surface area contributed by atoms with Gasteiger partial charge in [0.05, 0.1) is 0 Å². The fraction of sp³-hybridized carbons (Fsp3) is 0.263. The van der Waals surface area contributed by atoms with Gasteiger partial charge >= 0.3 is 12.1 Å². The average Bonchev–Trinajstić information content (AvgIpc) is 3.45. The number of aromatic hydroxyl groups is 1. The van der Waals surface area contributed by atoms with Crippen LogP contribution in [0.15, 0.2) is 48.5 Å². The lowest BCUT2D eigenvalue weighted by molar-refractivity contribution is -0.143. The van der Waals surface area contributed by atoms with E-state index >= 15 is 0 Å². The molecule has 0 spiro atoms. The molecule has 6 nitrogen and oxygen atoms in total. The number of benzene rings is 2. The van der Waals surface area contributed by atoms with Gasteiger partial charge in [-0.1, -0.05) is 30.3 Å². The van der Waals surface area contributed by atoms with Crippen LogP contribution in [0, 0.1) is 5.82 Å². The average molecular weight is 359 g/mol. The second kappa shape index (κ2) is 7.43. The summed E-state index contributed by atoms with van der Waals surface area (Å²) in [6.45, 7) is -0.00956. The molecule has 0 bridgehead atoms. The number of ether oxygens (including phenoxy) is 1. The summed E-state index contributed by atoms with van der Waals surface area (Å²) < 4.78 is 18.8. The Kier molecular flexibility index (Phi) is 5.06. The first-order chi connectivity index (χ1) is 12.5. The van der Waals surface area contributed by atoms with Crippen molar-refractivity contribution < 1.29 is 28.9 Å². The van der Waals surface area contributed by atoms with E-state index in [2.05, 4.69) is 0 Å². The molecule has 1 atom stereocenters. The number of nitrogens with zero attached hydrogens (tertiary/aromatic N) is 1. The fourth-order valence-corrected chi connectivity index (χ4v) is 2.76. The molecule has 2 aromatic rings. The molecule has 0 heterocycles. The zero-order chi connectivity index (χ0) is 18.7. The Morgan fingerprint density at radius 1 is 1.19 bits per heavy atom. The summed E-state index contributed by atoms with van der Waals surface area (Å²) in [7, 11) is 0. The number of phenolic OH excluding ortho intramolecular Hbond substituents is 1. The Hall–Kier alpha value is -3.09. The maximum absolute atomic E-state index is 13.6. The molecule has 0 saturated heterocycles. The van der Waals surface area contributed by atoms with Crippen molar-refractivity contribution in [2.75, 3.05) is 0 Å². The summed E-state index contributed by atoms with van der Waals surface area (Å²) in [4.78, 5) is 25.5. The molecule has 136 valence electrons. The molecule has 7 heteroatoms. The van der Waals surface area contributed by atoms with Crippen molar-refractivity contribution in [2.24, 2.45) is 0 Å². The largest absolute Gasteiger partial charge is 0.508 e. The molecule has 1 saturated carbocycles. The van der Waals surface area contributed by atoms with Gasteiger partial charge in [0.25, 0.3) is 0 Å². The Morgan fingerprint density at radius 3 is 2.50 bits per heavy atom. The van der Waals surface area contributed by atoms with Gasteiger partial charge in [0.2, 0.25) is 0 Å².